The predicted molar refractivity (Wildman–Crippen MR) is 145 cm³/mol. The van der Waals surface area contributed by atoms with Crippen LogP contribution in [0.2, 0.25) is 0 Å². The molecule has 0 amide bonds. The number of ether oxygens (including phenoxy) is 1. The van der Waals surface area contributed by atoms with Crippen LogP contribution in [-0.4, -0.2) is 80.9 Å². The number of fused-ring (bicyclic) bond motifs is 1. The summed E-state index contributed by atoms with van der Waals surface area (Å²) in [5.74, 6) is -1.91. The first-order chi connectivity index (χ1) is 18.3. The van der Waals surface area contributed by atoms with Crippen molar-refractivity contribution >= 4 is 28.2 Å². The topological polar surface area (TPSA) is 70.1 Å². The smallest absolute Gasteiger partial charge is 0.343 e. The van der Waals surface area contributed by atoms with Crippen molar-refractivity contribution in [1.82, 2.24) is 14.8 Å². The number of carbonyl (C=O) groups excluding carboxylic acids is 1. The molecule has 2 saturated heterocycles. The van der Waals surface area contributed by atoms with E-state index in [0.717, 1.165) is 44.5 Å². The van der Waals surface area contributed by atoms with Crippen LogP contribution in [0.5, 0.6) is 0 Å². The second-order valence-electron chi connectivity index (χ2n) is 9.96. The Morgan fingerprint density at radius 3 is 2.47 bits per heavy atom. The summed E-state index contributed by atoms with van der Waals surface area (Å²) in [6.07, 6.45) is 1.31. The van der Waals surface area contributed by atoms with Crippen molar-refractivity contribution in [2.75, 3.05) is 69.3 Å². The zero-order valence-electron chi connectivity index (χ0n) is 22.0. The number of esters is 1. The highest BCUT2D eigenvalue weighted by atomic mass is 19.1. The summed E-state index contributed by atoms with van der Waals surface area (Å²) in [5.41, 5.74) is 0.647. The van der Waals surface area contributed by atoms with E-state index < -0.39 is 23.0 Å². The van der Waals surface area contributed by atoms with Gasteiger partial charge in [0.2, 0.25) is 5.43 Å². The van der Waals surface area contributed by atoms with E-state index in [0.29, 0.717) is 24.3 Å². The molecular weight excluding hydrogens is 492 g/mol. The number of hydrogen-bond acceptors (Lipinski definition) is 7. The van der Waals surface area contributed by atoms with Crippen molar-refractivity contribution in [1.29, 1.82) is 0 Å². The van der Waals surface area contributed by atoms with Crippen molar-refractivity contribution < 1.29 is 18.3 Å². The van der Waals surface area contributed by atoms with E-state index in [-0.39, 0.29) is 29.3 Å². The van der Waals surface area contributed by atoms with Crippen molar-refractivity contribution in [2.45, 2.75) is 19.9 Å². The lowest BCUT2D eigenvalue weighted by Gasteiger charge is -2.36. The predicted octanol–water partition coefficient (Wildman–Crippen LogP) is 3.00. The summed E-state index contributed by atoms with van der Waals surface area (Å²) < 4.78 is 37.7. The van der Waals surface area contributed by atoms with Crippen LogP contribution in [0, 0.1) is 11.6 Å². The van der Waals surface area contributed by atoms with E-state index in [1.54, 1.807) is 19.1 Å². The van der Waals surface area contributed by atoms with Gasteiger partial charge in [-0.3, -0.25) is 4.79 Å². The number of aromatic nitrogens is 1. The molecule has 2 aliphatic rings. The Labute approximate surface area is 220 Å². The lowest BCUT2D eigenvalue weighted by molar-refractivity contribution is 0.0524. The van der Waals surface area contributed by atoms with E-state index in [1.807, 2.05) is 18.0 Å². The molecule has 3 aromatic rings. The minimum atomic E-state index is -0.830. The summed E-state index contributed by atoms with van der Waals surface area (Å²) in [7, 11) is 2.01. The van der Waals surface area contributed by atoms with Gasteiger partial charge in [0, 0.05) is 69.1 Å². The summed E-state index contributed by atoms with van der Waals surface area (Å²) in [4.78, 5) is 32.2. The maximum absolute atomic E-state index is 15.8. The fourth-order valence-corrected chi connectivity index (χ4v) is 5.27. The minimum absolute atomic E-state index is 0.00913. The van der Waals surface area contributed by atoms with E-state index in [9.17, 15) is 9.59 Å². The second kappa shape index (κ2) is 10.7. The van der Waals surface area contributed by atoms with Gasteiger partial charge in [-0.1, -0.05) is 0 Å². The Kier molecular flexibility index (Phi) is 7.36. The second-order valence-corrected chi connectivity index (χ2v) is 9.96. The maximum atomic E-state index is 15.8. The molecule has 202 valence electrons. The van der Waals surface area contributed by atoms with Crippen LogP contribution in [0.25, 0.3) is 16.6 Å². The number of nitrogens with one attached hydrogen (secondary N) is 1. The molecule has 38 heavy (non-hydrogen) atoms. The number of pyridine rings is 1. The zero-order valence-corrected chi connectivity index (χ0v) is 22.0. The van der Waals surface area contributed by atoms with Crippen LogP contribution in [0.15, 0.2) is 41.3 Å². The number of rotatable bonds is 5. The molecule has 5 rings (SSSR count). The van der Waals surface area contributed by atoms with E-state index in [1.165, 1.54) is 16.8 Å². The fourth-order valence-electron chi connectivity index (χ4n) is 5.27. The molecule has 2 fully saturated rings. The molecule has 1 unspecified atom stereocenters. The number of hydrogen-bond donors (Lipinski definition) is 1. The van der Waals surface area contributed by atoms with Crippen molar-refractivity contribution in [3.63, 3.8) is 0 Å². The largest absolute Gasteiger partial charge is 0.462 e. The molecule has 0 bridgehead atoms. The van der Waals surface area contributed by atoms with Crippen LogP contribution in [0.4, 0.5) is 20.2 Å². The van der Waals surface area contributed by atoms with Crippen LogP contribution in [-0.2, 0) is 4.74 Å². The molecule has 3 heterocycles. The van der Waals surface area contributed by atoms with Gasteiger partial charge >= 0.3 is 5.97 Å². The molecule has 2 aliphatic heterocycles. The van der Waals surface area contributed by atoms with Gasteiger partial charge in [0.05, 0.1) is 23.5 Å². The van der Waals surface area contributed by atoms with Crippen LogP contribution < -0.4 is 20.5 Å². The average Bonchev–Trinajstić information content (AvgIpc) is 2.90. The van der Waals surface area contributed by atoms with E-state index in [4.69, 9.17) is 4.74 Å². The molecule has 0 saturated carbocycles. The molecule has 0 radical (unpaired) electrons. The first-order valence-electron chi connectivity index (χ1n) is 13.0. The highest BCUT2D eigenvalue weighted by Gasteiger charge is 2.24. The fraction of sp³-hybridized carbons (Fsp3) is 0.429. The van der Waals surface area contributed by atoms with Gasteiger partial charge in [0.1, 0.15) is 17.2 Å². The van der Waals surface area contributed by atoms with Crippen molar-refractivity contribution in [3.8, 4) is 5.69 Å². The molecule has 2 aromatic carbocycles. The van der Waals surface area contributed by atoms with Gasteiger partial charge in [-0.05, 0) is 51.2 Å². The quantitative estimate of drug-likeness (QED) is 0.514. The Hall–Kier alpha value is -3.50. The molecule has 8 nitrogen and oxygen atoms in total. The third-order valence-electron chi connectivity index (χ3n) is 7.44. The summed E-state index contributed by atoms with van der Waals surface area (Å²) in [6.45, 7) is 8.92. The summed E-state index contributed by atoms with van der Waals surface area (Å²) >= 11 is 0. The number of halogens is 2. The number of likely N-dealkylation sites (N-methyl/N-ethyl adjacent to an activating group) is 1. The van der Waals surface area contributed by atoms with Crippen molar-refractivity contribution in [2.24, 2.45) is 0 Å². The molecule has 1 aromatic heterocycles. The zero-order chi connectivity index (χ0) is 27.0. The third kappa shape index (κ3) is 4.86. The molecule has 1 N–H and O–H groups in total. The van der Waals surface area contributed by atoms with Gasteiger partial charge in [0.25, 0.3) is 0 Å². The average molecular weight is 526 g/mol. The first kappa shape index (κ1) is 26.1. The van der Waals surface area contributed by atoms with Crippen LogP contribution in [0.1, 0.15) is 24.2 Å². The third-order valence-corrected chi connectivity index (χ3v) is 7.44. The number of anilines is 2. The minimum Gasteiger partial charge on any atom is -0.462 e. The SMILES string of the molecule is CCOC(=O)c1cn(-c2ccc(N3CCNCC3C)cc2F)c2cc(N3CCN(C)CC3)c(F)cc2c1=O. The van der Waals surface area contributed by atoms with Gasteiger partial charge in [-0.15, -0.1) is 0 Å². The maximum Gasteiger partial charge on any atom is 0.343 e. The first-order valence-corrected chi connectivity index (χ1v) is 13.0. The molecule has 10 heteroatoms. The number of benzene rings is 2. The number of piperazine rings is 2. The Morgan fingerprint density at radius 1 is 1.05 bits per heavy atom. The monoisotopic (exact) mass is 525 g/mol. The standard InChI is InChI=1S/C28H33F2N5O3/c1-4-38-28(37)21-17-35(24-6-5-19(13-22(24)29)34-8-7-31-16-18(34)2)25-15-26(23(30)14-20(25)27(21)36)33-11-9-32(3)10-12-33/h5-6,13-15,17-18,31H,4,7-12,16H2,1-3H3. The van der Waals surface area contributed by atoms with E-state index in [2.05, 4.69) is 22.0 Å². The molecule has 0 aliphatic carbocycles. The Morgan fingerprint density at radius 2 is 1.79 bits per heavy atom. The summed E-state index contributed by atoms with van der Waals surface area (Å²) in [6, 6.07) is 7.87. The number of carbonyl (C=O) groups is 1. The van der Waals surface area contributed by atoms with Gasteiger partial charge in [0.15, 0.2) is 0 Å². The van der Waals surface area contributed by atoms with Gasteiger partial charge in [-0.2, -0.15) is 0 Å². The van der Waals surface area contributed by atoms with E-state index >= 15 is 8.78 Å². The van der Waals surface area contributed by atoms with Crippen LogP contribution in [0.3, 0.4) is 0 Å². The normalized spacial score (nSPS) is 18.7. The molecule has 0 spiro atoms. The highest BCUT2D eigenvalue weighted by Crippen LogP contribution is 2.30. The highest BCUT2D eigenvalue weighted by molar-refractivity contribution is 5.95. The van der Waals surface area contributed by atoms with Gasteiger partial charge in [-0.25, -0.2) is 13.6 Å². The summed E-state index contributed by atoms with van der Waals surface area (Å²) in [5, 5.41) is 3.32. The van der Waals surface area contributed by atoms with Crippen molar-refractivity contribution in [3.05, 3.63) is 63.9 Å². The van der Waals surface area contributed by atoms with Crippen LogP contribution >= 0.6 is 0 Å². The van der Waals surface area contributed by atoms with Gasteiger partial charge < -0.3 is 29.3 Å². The lowest BCUT2D eigenvalue weighted by Crippen LogP contribution is -2.49. The Bertz CT molecular complexity index is 1420. The Balaban J connectivity index is 1.68. The molecule has 1 atom stereocenters. The lowest BCUT2D eigenvalue weighted by atomic mass is 10.1. The molecular formula is C28H33F2N5O3. The number of nitrogens with zero attached hydrogens (tertiary/aromatic N) is 4.